The van der Waals surface area contributed by atoms with Crippen LogP contribution in [-0.4, -0.2) is 36.0 Å². The zero-order valence-corrected chi connectivity index (χ0v) is 18.3. The fraction of sp³-hybridized carbons (Fsp3) is 0.480. The van der Waals surface area contributed by atoms with Crippen LogP contribution in [0.25, 0.3) is 0 Å². The van der Waals surface area contributed by atoms with Crippen molar-refractivity contribution in [2.75, 3.05) is 19.8 Å². The lowest BCUT2D eigenvalue weighted by Gasteiger charge is -2.11. The van der Waals surface area contributed by atoms with Gasteiger partial charge in [-0.1, -0.05) is 39.0 Å². The standard InChI is InChI=1S/C25H34O6/c1-2-3-4-5-6-7-14-30-23-17-20(25(27)28)18-24(19-23)31-16-9-8-15-29-22-12-10-21(26)11-13-22/h10-13,17-19,26H,2-9,14-16H2,1H3,(H,27,28). The summed E-state index contributed by atoms with van der Waals surface area (Å²) in [6, 6.07) is 11.4. The maximum absolute atomic E-state index is 11.4. The summed E-state index contributed by atoms with van der Waals surface area (Å²) >= 11 is 0. The molecular weight excluding hydrogens is 396 g/mol. The van der Waals surface area contributed by atoms with Crippen molar-refractivity contribution >= 4 is 5.97 Å². The number of carboxylic acids is 1. The maximum Gasteiger partial charge on any atom is 0.335 e. The Labute approximate surface area is 184 Å². The first kappa shape index (κ1) is 24.4. The van der Waals surface area contributed by atoms with Gasteiger partial charge in [0.25, 0.3) is 0 Å². The second kappa shape index (κ2) is 14.2. The molecule has 0 amide bonds. The SMILES string of the molecule is CCCCCCCCOc1cc(OCCCCOc2ccc(O)cc2)cc(C(=O)O)c1. The summed E-state index contributed by atoms with van der Waals surface area (Å²) in [4.78, 5) is 11.4. The summed E-state index contributed by atoms with van der Waals surface area (Å²) in [7, 11) is 0. The van der Waals surface area contributed by atoms with E-state index in [2.05, 4.69) is 6.92 Å². The molecule has 2 aromatic rings. The van der Waals surface area contributed by atoms with Crippen molar-refractivity contribution in [3.05, 3.63) is 48.0 Å². The van der Waals surface area contributed by atoms with E-state index in [4.69, 9.17) is 14.2 Å². The highest BCUT2D eigenvalue weighted by atomic mass is 16.5. The van der Waals surface area contributed by atoms with Gasteiger partial charge in [-0.3, -0.25) is 0 Å². The molecule has 0 heterocycles. The summed E-state index contributed by atoms with van der Waals surface area (Å²) in [5, 5.41) is 18.6. The fourth-order valence-electron chi connectivity index (χ4n) is 3.06. The normalized spacial score (nSPS) is 10.6. The van der Waals surface area contributed by atoms with Gasteiger partial charge < -0.3 is 24.4 Å². The van der Waals surface area contributed by atoms with Crippen LogP contribution in [0.5, 0.6) is 23.0 Å². The zero-order chi connectivity index (χ0) is 22.3. The van der Waals surface area contributed by atoms with E-state index in [-0.39, 0.29) is 11.3 Å². The lowest BCUT2D eigenvalue weighted by Crippen LogP contribution is -2.05. The highest BCUT2D eigenvalue weighted by molar-refractivity contribution is 5.88. The van der Waals surface area contributed by atoms with Crippen LogP contribution in [0, 0.1) is 0 Å². The number of hydrogen-bond donors (Lipinski definition) is 2. The number of phenols is 1. The fourth-order valence-corrected chi connectivity index (χ4v) is 3.06. The number of carbonyl (C=O) groups is 1. The van der Waals surface area contributed by atoms with Gasteiger partial charge in [-0.2, -0.15) is 0 Å². The molecule has 0 aromatic heterocycles. The predicted molar refractivity (Wildman–Crippen MR) is 121 cm³/mol. The minimum Gasteiger partial charge on any atom is -0.508 e. The lowest BCUT2D eigenvalue weighted by atomic mass is 10.1. The van der Waals surface area contributed by atoms with Crippen molar-refractivity contribution in [1.82, 2.24) is 0 Å². The molecule has 0 unspecified atom stereocenters. The van der Waals surface area contributed by atoms with Crippen LogP contribution >= 0.6 is 0 Å². The molecule has 2 aromatic carbocycles. The van der Waals surface area contributed by atoms with Crippen LogP contribution in [-0.2, 0) is 0 Å². The summed E-state index contributed by atoms with van der Waals surface area (Å²) in [5.41, 5.74) is 0.158. The van der Waals surface area contributed by atoms with E-state index in [0.29, 0.717) is 37.1 Å². The minimum absolute atomic E-state index is 0.158. The number of aromatic carboxylic acids is 1. The van der Waals surface area contributed by atoms with Crippen molar-refractivity contribution in [3.8, 4) is 23.0 Å². The first-order valence-electron chi connectivity index (χ1n) is 11.1. The third-order valence-corrected chi connectivity index (χ3v) is 4.81. The maximum atomic E-state index is 11.4. The number of aromatic hydroxyl groups is 1. The molecule has 0 radical (unpaired) electrons. The summed E-state index contributed by atoms with van der Waals surface area (Å²) in [6.45, 7) is 3.77. The number of rotatable bonds is 16. The average molecular weight is 431 g/mol. The van der Waals surface area contributed by atoms with Gasteiger partial charge in [0.05, 0.1) is 25.4 Å². The van der Waals surface area contributed by atoms with Gasteiger partial charge in [-0.05, 0) is 55.7 Å². The van der Waals surface area contributed by atoms with Gasteiger partial charge >= 0.3 is 5.97 Å². The van der Waals surface area contributed by atoms with Crippen LogP contribution in [0.2, 0.25) is 0 Å². The van der Waals surface area contributed by atoms with E-state index in [9.17, 15) is 15.0 Å². The quantitative estimate of drug-likeness (QED) is 0.315. The molecule has 0 aliphatic heterocycles. The molecule has 6 heteroatoms. The Kier molecular flexibility index (Phi) is 11.1. The minimum atomic E-state index is -1.00. The Balaban J connectivity index is 1.71. The first-order valence-corrected chi connectivity index (χ1v) is 11.1. The zero-order valence-electron chi connectivity index (χ0n) is 18.3. The number of benzene rings is 2. The van der Waals surface area contributed by atoms with Crippen LogP contribution in [0.4, 0.5) is 0 Å². The second-order valence-electron chi connectivity index (χ2n) is 7.51. The molecule has 6 nitrogen and oxygen atoms in total. The molecule has 0 saturated carbocycles. The predicted octanol–water partition coefficient (Wildman–Crippen LogP) is 6.07. The van der Waals surface area contributed by atoms with E-state index in [1.165, 1.54) is 37.8 Å². The van der Waals surface area contributed by atoms with Crippen LogP contribution in [0.1, 0.15) is 68.6 Å². The monoisotopic (exact) mass is 430 g/mol. The molecule has 0 aliphatic rings. The van der Waals surface area contributed by atoms with Crippen molar-refractivity contribution < 1.29 is 29.2 Å². The molecule has 0 bridgehead atoms. The number of ether oxygens (including phenoxy) is 3. The molecule has 0 atom stereocenters. The van der Waals surface area contributed by atoms with Gasteiger partial charge in [-0.25, -0.2) is 4.79 Å². The summed E-state index contributed by atoms with van der Waals surface area (Å²) in [6.07, 6.45) is 8.59. The first-order chi connectivity index (χ1) is 15.1. The Morgan fingerprint density at radius 3 is 1.74 bits per heavy atom. The lowest BCUT2D eigenvalue weighted by molar-refractivity contribution is 0.0695. The third-order valence-electron chi connectivity index (χ3n) is 4.81. The molecule has 0 aliphatic carbocycles. The van der Waals surface area contributed by atoms with Crippen LogP contribution in [0.3, 0.4) is 0 Å². The molecule has 0 spiro atoms. The van der Waals surface area contributed by atoms with Crippen LogP contribution in [0.15, 0.2) is 42.5 Å². The number of hydrogen-bond acceptors (Lipinski definition) is 5. The van der Waals surface area contributed by atoms with E-state index in [1.807, 2.05) is 0 Å². The molecular formula is C25H34O6. The van der Waals surface area contributed by atoms with Gasteiger partial charge in [0.15, 0.2) is 0 Å². The van der Waals surface area contributed by atoms with Gasteiger partial charge in [0, 0.05) is 6.07 Å². The summed E-state index contributed by atoms with van der Waals surface area (Å²) in [5.74, 6) is 0.938. The third kappa shape index (κ3) is 10.1. The molecule has 0 fully saturated rings. The number of unbranched alkanes of at least 4 members (excludes halogenated alkanes) is 6. The van der Waals surface area contributed by atoms with E-state index in [1.54, 1.807) is 30.3 Å². The van der Waals surface area contributed by atoms with Crippen LogP contribution < -0.4 is 14.2 Å². The Bertz CT molecular complexity index is 772. The largest absolute Gasteiger partial charge is 0.508 e. The van der Waals surface area contributed by atoms with Gasteiger partial charge in [-0.15, -0.1) is 0 Å². The Hall–Kier alpha value is -2.89. The molecule has 2 rings (SSSR count). The number of carboxylic acid groups (broad SMARTS) is 1. The van der Waals surface area contributed by atoms with Crippen molar-refractivity contribution in [2.24, 2.45) is 0 Å². The van der Waals surface area contributed by atoms with E-state index >= 15 is 0 Å². The molecule has 170 valence electrons. The van der Waals surface area contributed by atoms with Gasteiger partial charge in [0.2, 0.25) is 0 Å². The van der Waals surface area contributed by atoms with Gasteiger partial charge in [0.1, 0.15) is 23.0 Å². The van der Waals surface area contributed by atoms with Crippen molar-refractivity contribution in [1.29, 1.82) is 0 Å². The number of phenolic OH excluding ortho intramolecular Hbond substituents is 1. The topological polar surface area (TPSA) is 85.2 Å². The molecule has 31 heavy (non-hydrogen) atoms. The highest BCUT2D eigenvalue weighted by Crippen LogP contribution is 2.24. The average Bonchev–Trinajstić information content (AvgIpc) is 2.76. The molecule has 2 N–H and O–H groups in total. The van der Waals surface area contributed by atoms with Crippen molar-refractivity contribution in [2.45, 2.75) is 58.3 Å². The van der Waals surface area contributed by atoms with E-state index in [0.717, 1.165) is 25.7 Å². The smallest absolute Gasteiger partial charge is 0.335 e. The highest BCUT2D eigenvalue weighted by Gasteiger charge is 2.09. The molecule has 0 saturated heterocycles. The summed E-state index contributed by atoms with van der Waals surface area (Å²) < 4.78 is 17.1. The second-order valence-corrected chi connectivity index (χ2v) is 7.51. The van der Waals surface area contributed by atoms with E-state index < -0.39 is 5.97 Å². The Morgan fingerprint density at radius 2 is 1.19 bits per heavy atom. The van der Waals surface area contributed by atoms with Crippen molar-refractivity contribution in [3.63, 3.8) is 0 Å². The Morgan fingerprint density at radius 1 is 0.710 bits per heavy atom.